The highest BCUT2D eigenvalue weighted by Gasteiger charge is 2.54. The van der Waals surface area contributed by atoms with Crippen LogP contribution in [0.5, 0.6) is 0 Å². The van der Waals surface area contributed by atoms with Gasteiger partial charge in [-0.05, 0) is 88.5 Å². The molecular formula is C38H57NO8. The molecule has 47 heavy (non-hydrogen) atoms. The first-order valence-electron chi connectivity index (χ1n) is 18.3. The summed E-state index contributed by atoms with van der Waals surface area (Å²) in [4.78, 5) is 56.5. The maximum absolute atomic E-state index is 13.9. The molecule has 3 aliphatic rings. The first-order chi connectivity index (χ1) is 22.5. The van der Waals surface area contributed by atoms with E-state index in [2.05, 4.69) is 19.1 Å². The van der Waals surface area contributed by atoms with E-state index in [1.807, 2.05) is 32.0 Å². The second kappa shape index (κ2) is 17.2. The molecule has 3 heterocycles. The highest BCUT2D eigenvalue weighted by Crippen LogP contribution is 2.40. The second-order valence-corrected chi connectivity index (χ2v) is 14.1. The Balaban J connectivity index is 1.67. The fraction of sp³-hybridized carbons (Fsp3) is 0.737. The first-order valence-corrected chi connectivity index (χ1v) is 18.3. The van der Waals surface area contributed by atoms with Crippen LogP contribution in [-0.2, 0) is 35.1 Å². The van der Waals surface area contributed by atoms with E-state index in [1.54, 1.807) is 6.92 Å². The lowest BCUT2D eigenvalue weighted by Gasteiger charge is -2.45. The van der Waals surface area contributed by atoms with E-state index in [0.717, 1.165) is 31.2 Å². The number of ketones is 2. The summed E-state index contributed by atoms with van der Waals surface area (Å²) in [6.07, 6.45) is 6.13. The number of fused-ring (bicyclic) bond motifs is 3. The number of benzene rings is 1. The molecule has 0 aliphatic carbocycles. The lowest BCUT2D eigenvalue weighted by atomic mass is 9.76. The van der Waals surface area contributed by atoms with Crippen molar-refractivity contribution in [3.05, 3.63) is 35.9 Å². The Morgan fingerprint density at radius 3 is 2.32 bits per heavy atom. The van der Waals surface area contributed by atoms with Crippen LogP contribution in [0.1, 0.15) is 117 Å². The summed E-state index contributed by atoms with van der Waals surface area (Å²) in [7, 11) is 0. The van der Waals surface area contributed by atoms with Crippen molar-refractivity contribution in [2.45, 2.75) is 148 Å². The van der Waals surface area contributed by atoms with Crippen LogP contribution < -0.4 is 0 Å². The van der Waals surface area contributed by atoms with Gasteiger partial charge in [0.05, 0.1) is 12.2 Å². The smallest absolute Gasteiger partial charge is 0.329 e. The standard InChI is InChI=1S/C38H57NO8/c1-5-27(24-26-16-10-8-11-17-26)32-20-13-9-12-19-31(40)28(6-2)34(41)29(7-3)33-22-21-25(4)38(45,47-33)35(42)36(43)39-23-15-14-18-30(39)37(44)46-32/h8,10-11,16-17,25,27-30,32-34,41,45H,5-7,9,12-15,18-24H2,1-4H3/t25-,27-,28-,29+,30+,32+,33+,34+,38?/m1/s1. The van der Waals surface area contributed by atoms with Crippen LogP contribution in [0, 0.1) is 23.7 Å². The number of aliphatic hydroxyl groups excluding tert-OH is 1. The van der Waals surface area contributed by atoms with Crippen molar-refractivity contribution < 1.29 is 38.9 Å². The summed E-state index contributed by atoms with van der Waals surface area (Å²) in [5.74, 6) is -6.67. The van der Waals surface area contributed by atoms with E-state index in [0.29, 0.717) is 64.2 Å². The van der Waals surface area contributed by atoms with Gasteiger partial charge in [0.15, 0.2) is 0 Å². The van der Waals surface area contributed by atoms with Gasteiger partial charge in [-0.15, -0.1) is 0 Å². The molecule has 9 nitrogen and oxygen atoms in total. The van der Waals surface area contributed by atoms with Gasteiger partial charge in [-0.2, -0.15) is 0 Å². The Morgan fingerprint density at radius 1 is 0.915 bits per heavy atom. The Hall–Kier alpha value is -2.62. The molecular weight excluding hydrogens is 598 g/mol. The van der Waals surface area contributed by atoms with Crippen LogP contribution in [0.3, 0.4) is 0 Å². The van der Waals surface area contributed by atoms with Gasteiger partial charge >= 0.3 is 5.97 Å². The topological polar surface area (TPSA) is 130 Å². The van der Waals surface area contributed by atoms with Crippen molar-refractivity contribution in [1.29, 1.82) is 0 Å². The van der Waals surface area contributed by atoms with Gasteiger partial charge in [-0.25, -0.2) is 4.79 Å². The van der Waals surface area contributed by atoms with Gasteiger partial charge in [-0.1, -0.05) is 64.4 Å². The number of hydrogen-bond donors (Lipinski definition) is 2. The lowest BCUT2D eigenvalue weighted by Crippen LogP contribution is -2.61. The van der Waals surface area contributed by atoms with Crippen molar-refractivity contribution in [1.82, 2.24) is 4.90 Å². The maximum Gasteiger partial charge on any atom is 0.329 e. The number of carbonyl (C=O) groups is 4. The van der Waals surface area contributed by atoms with E-state index >= 15 is 0 Å². The third-order valence-corrected chi connectivity index (χ3v) is 11.2. The zero-order valence-electron chi connectivity index (χ0n) is 28.9. The van der Waals surface area contributed by atoms with E-state index in [1.165, 1.54) is 4.90 Å². The number of esters is 1. The predicted molar refractivity (Wildman–Crippen MR) is 178 cm³/mol. The molecule has 262 valence electrons. The minimum absolute atomic E-state index is 0.00238. The number of nitrogens with zero attached hydrogens (tertiary/aromatic N) is 1. The number of ether oxygens (including phenoxy) is 2. The Kier molecular flexibility index (Phi) is 13.6. The number of Topliss-reactive ketones (excluding diaryl/α,β-unsaturated/α-hetero) is 2. The van der Waals surface area contributed by atoms with Gasteiger partial charge in [0.1, 0.15) is 17.9 Å². The number of carbonyl (C=O) groups excluding carboxylic acids is 4. The molecule has 9 heteroatoms. The Bertz CT molecular complexity index is 1210. The van der Waals surface area contributed by atoms with Crippen LogP contribution in [0.4, 0.5) is 0 Å². The summed E-state index contributed by atoms with van der Waals surface area (Å²) >= 11 is 0. The van der Waals surface area contributed by atoms with Gasteiger partial charge in [0, 0.05) is 30.7 Å². The third-order valence-electron chi connectivity index (χ3n) is 11.2. The molecule has 1 aromatic carbocycles. The molecule has 0 spiro atoms. The summed E-state index contributed by atoms with van der Waals surface area (Å²) in [6.45, 7) is 7.76. The van der Waals surface area contributed by atoms with Crippen LogP contribution in [0.25, 0.3) is 0 Å². The third kappa shape index (κ3) is 8.70. The van der Waals surface area contributed by atoms with Gasteiger partial charge in [0.2, 0.25) is 5.79 Å². The zero-order valence-corrected chi connectivity index (χ0v) is 28.9. The molecule has 0 aromatic heterocycles. The molecule has 4 rings (SSSR count). The van der Waals surface area contributed by atoms with Crippen LogP contribution in [-0.4, -0.2) is 75.2 Å². The quantitative estimate of drug-likeness (QED) is 0.301. The van der Waals surface area contributed by atoms with E-state index in [9.17, 15) is 29.4 Å². The fourth-order valence-corrected chi connectivity index (χ4v) is 8.06. The molecule has 0 radical (unpaired) electrons. The number of hydrogen-bond acceptors (Lipinski definition) is 8. The van der Waals surface area contributed by atoms with Crippen molar-refractivity contribution in [3.63, 3.8) is 0 Å². The van der Waals surface area contributed by atoms with Crippen LogP contribution >= 0.6 is 0 Å². The molecule has 1 aromatic rings. The second-order valence-electron chi connectivity index (χ2n) is 14.1. The van der Waals surface area contributed by atoms with Gasteiger partial charge in [0.25, 0.3) is 11.7 Å². The number of cyclic esters (lactones) is 1. The highest BCUT2D eigenvalue weighted by molar-refractivity contribution is 6.39. The van der Waals surface area contributed by atoms with Crippen LogP contribution in [0.15, 0.2) is 30.3 Å². The number of piperidine rings is 1. The molecule has 1 unspecified atom stereocenters. The van der Waals surface area contributed by atoms with Crippen LogP contribution in [0.2, 0.25) is 0 Å². The Labute approximate surface area is 280 Å². The SMILES string of the molecule is CC[C@H](Cc1ccccc1)[C@@H]1CCCCCC(=O)[C@@H](CC)[C@H](O)[C@@H](CC)[C@@H]2CC[C@@H](C)C(O)(O2)C(=O)C(=O)N2CCCC[C@H]2C(=O)O1. The molecule has 3 aliphatic heterocycles. The first kappa shape index (κ1) is 37.2. The van der Waals surface area contributed by atoms with Crippen molar-refractivity contribution >= 4 is 23.4 Å². The number of rotatable bonds is 6. The largest absolute Gasteiger partial charge is 0.461 e. The molecule has 3 fully saturated rings. The summed E-state index contributed by atoms with van der Waals surface area (Å²) < 4.78 is 12.4. The zero-order chi connectivity index (χ0) is 34.1. The minimum Gasteiger partial charge on any atom is -0.461 e. The summed E-state index contributed by atoms with van der Waals surface area (Å²) in [5, 5.41) is 23.3. The molecule has 1 amide bonds. The molecule has 2 bridgehead atoms. The number of aliphatic hydroxyl groups is 2. The predicted octanol–water partition coefficient (Wildman–Crippen LogP) is 5.57. The highest BCUT2D eigenvalue weighted by atomic mass is 16.6. The van der Waals surface area contributed by atoms with E-state index < -0.39 is 65.6 Å². The Morgan fingerprint density at radius 2 is 1.64 bits per heavy atom. The average molecular weight is 656 g/mol. The minimum atomic E-state index is -2.40. The fourth-order valence-electron chi connectivity index (χ4n) is 8.06. The van der Waals surface area contributed by atoms with Gasteiger partial charge < -0.3 is 24.6 Å². The molecule has 9 atom stereocenters. The maximum atomic E-state index is 13.9. The lowest BCUT2D eigenvalue weighted by molar-refractivity contribution is -0.276. The van der Waals surface area contributed by atoms with Crippen molar-refractivity contribution in [3.8, 4) is 0 Å². The van der Waals surface area contributed by atoms with Crippen molar-refractivity contribution in [2.24, 2.45) is 23.7 Å². The van der Waals surface area contributed by atoms with E-state index in [4.69, 9.17) is 9.47 Å². The average Bonchev–Trinajstić information content (AvgIpc) is 3.08. The van der Waals surface area contributed by atoms with Crippen molar-refractivity contribution in [2.75, 3.05) is 6.54 Å². The monoisotopic (exact) mass is 655 g/mol. The van der Waals surface area contributed by atoms with Gasteiger partial charge in [-0.3, -0.25) is 14.4 Å². The normalized spacial score (nSPS) is 34.4. The number of amides is 1. The summed E-state index contributed by atoms with van der Waals surface area (Å²) in [6, 6.07) is 9.17. The molecule has 0 saturated carbocycles. The van der Waals surface area contributed by atoms with E-state index in [-0.39, 0.29) is 18.2 Å². The molecule has 2 N–H and O–H groups in total. The summed E-state index contributed by atoms with van der Waals surface area (Å²) in [5.41, 5.74) is 1.15. The molecule has 3 saturated heterocycles.